The number of hydrogen-bond donors (Lipinski definition) is 2. The molecule has 1 aromatic rings. The smallest absolute Gasteiger partial charge is 0.303 e. The molecular weight excluding hydrogens is 326 g/mol. The van der Waals surface area contributed by atoms with Crippen LogP contribution in [0.5, 0.6) is 11.5 Å². The fraction of sp³-hybridized carbons (Fsp3) is 0.300. The second-order valence-corrected chi connectivity index (χ2v) is 4.79. The molecule has 0 unspecified atom stereocenters. The van der Waals surface area contributed by atoms with Gasteiger partial charge in [-0.15, -0.1) is 0 Å². The molecule has 18 heavy (non-hydrogen) atoms. The maximum atomic E-state index is 10.3. The largest absolute Gasteiger partial charge is 0.505 e. The Balaban J connectivity index is 2.86. The monoisotopic (exact) mass is 332 g/mol. The molecule has 0 saturated heterocycles. The van der Waals surface area contributed by atoms with Crippen LogP contribution in [-0.4, -0.2) is 22.8 Å². The van der Waals surface area contributed by atoms with Crippen LogP contribution < -0.4 is 4.74 Å². The van der Waals surface area contributed by atoms with E-state index in [0.29, 0.717) is 0 Å². The molecule has 1 rings (SSSR count). The Bertz CT molecular complexity index is 446. The molecule has 0 bridgehead atoms. The van der Waals surface area contributed by atoms with E-state index in [9.17, 15) is 9.90 Å². The summed E-state index contributed by atoms with van der Waals surface area (Å²) in [5.74, 6) is -1.33. The number of aliphatic carboxylic acids is 1. The first kappa shape index (κ1) is 15.5. The van der Waals surface area contributed by atoms with Crippen LogP contribution in [0.15, 0.2) is 0 Å². The first-order valence-corrected chi connectivity index (χ1v) is 6.27. The number of halogens is 4. The van der Waals surface area contributed by atoms with Crippen LogP contribution in [0.2, 0.25) is 20.1 Å². The van der Waals surface area contributed by atoms with Crippen LogP contribution in [0, 0.1) is 0 Å². The summed E-state index contributed by atoms with van der Waals surface area (Å²) in [7, 11) is 0. The summed E-state index contributed by atoms with van der Waals surface area (Å²) in [6.07, 6.45) is 0.229. The molecule has 0 atom stereocenters. The SMILES string of the molecule is O=C(O)CCCOc1c(Cl)c(Cl)c(O)c(Cl)c1Cl. The Morgan fingerprint density at radius 2 is 1.56 bits per heavy atom. The molecule has 0 amide bonds. The third-order valence-electron chi connectivity index (χ3n) is 1.98. The van der Waals surface area contributed by atoms with E-state index in [2.05, 4.69) is 0 Å². The van der Waals surface area contributed by atoms with Gasteiger partial charge < -0.3 is 14.9 Å². The molecule has 0 saturated carbocycles. The molecule has 0 aliphatic rings. The standard InChI is InChI=1S/C10H8Cl4O4/c11-5-7(13)10(8(14)6(12)9(5)17)18-3-1-2-4(15)16/h17H,1-3H2,(H,15,16). The molecule has 2 N–H and O–H groups in total. The molecular formula is C10H8Cl4O4. The van der Waals surface area contributed by atoms with E-state index in [-0.39, 0.29) is 45.3 Å². The van der Waals surface area contributed by atoms with Gasteiger partial charge in [0.2, 0.25) is 0 Å². The van der Waals surface area contributed by atoms with Gasteiger partial charge in [0, 0.05) is 6.42 Å². The molecule has 1 aromatic carbocycles. The number of rotatable bonds is 5. The van der Waals surface area contributed by atoms with E-state index in [1.165, 1.54) is 0 Å². The van der Waals surface area contributed by atoms with Crippen molar-refractivity contribution in [3.05, 3.63) is 20.1 Å². The van der Waals surface area contributed by atoms with Gasteiger partial charge in [0.25, 0.3) is 0 Å². The maximum absolute atomic E-state index is 10.3. The molecule has 0 aliphatic carbocycles. The summed E-state index contributed by atoms with van der Waals surface area (Å²) >= 11 is 23.1. The second kappa shape index (κ2) is 6.57. The zero-order chi connectivity index (χ0) is 13.9. The van der Waals surface area contributed by atoms with Crippen molar-refractivity contribution in [3.8, 4) is 11.5 Å². The lowest BCUT2D eigenvalue weighted by Crippen LogP contribution is -2.03. The molecule has 100 valence electrons. The topological polar surface area (TPSA) is 66.8 Å². The van der Waals surface area contributed by atoms with E-state index >= 15 is 0 Å². The zero-order valence-electron chi connectivity index (χ0n) is 8.84. The highest BCUT2D eigenvalue weighted by molar-refractivity contribution is 6.50. The van der Waals surface area contributed by atoms with E-state index in [4.69, 9.17) is 56.2 Å². The number of hydrogen-bond acceptors (Lipinski definition) is 3. The Morgan fingerprint density at radius 1 is 1.06 bits per heavy atom. The first-order valence-electron chi connectivity index (χ1n) is 4.75. The lowest BCUT2D eigenvalue weighted by atomic mass is 10.3. The molecule has 8 heteroatoms. The van der Waals surface area contributed by atoms with Gasteiger partial charge in [0.1, 0.15) is 20.1 Å². The number of carbonyl (C=O) groups is 1. The summed E-state index contributed by atoms with van der Waals surface area (Å²) in [6.45, 7) is 0.0865. The van der Waals surface area contributed by atoms with Crippen molar-refractivity contribution in [1.29, 1.82) is 0 Å². The minimum atomic E-state index is -0.933. The van der Waals surface area contributed by atoms with Gasteiger partial charge in [-0.1, -0.05) is 46.4 Å². The van der Waals surface area contributed by atoms with E-state index < -0.39 is 11.7 Å². The number of ether oxygens (including phenoxy) is 1. The van der Waals surface area contributed by atoms with Gasteiger partial charge in [-0.2, -0.15) is 0 Å². The van der Waals surface area contributed by atoms with Crippen molar-refractivity contribution in [3.63, 3.8) is 0 Å². The molecule has 0 fully saturated rings. The van der Waals surface area contributed by atoms with Crippen molar-refractivity contribution in [2.24, 2.45) is 0 Å². The van der Waals surface area contributed by atoms with Crippen molar-refractivity contribution in [2.45, 2.75) is 12.8 Å². The van der Waals surface area contributed by atoms with Crippen LogP contribution >= 0.6 is 46.4 Å². The predicted molar refractivity (Wildman–Crippen MR) is 70.5 cm³/mol. The average Bonchev–Trinajstić information content (AvgIpc) is 2.32. The Hall–Kier alpha value is -0.550. The number of aromatic hydroxyl groups is 1. The fourth-order valence-electron chi connectivity index (χ4n) is 1.12. The van der Waals surface area contributed by atoms with Gasteiger partial charge in [0.05, 0.1) is 6.61 Å². The van der Waals surface area contributed by atoms with Gasteiger partial charge in [-0.05, 0) is 6.42 Å². The van der Waals surface area contributed by atoms with Gasteiger partial charge in [-0.3, -0.25) is 4.79 Å². The summed E-state index contributed by atoms with van der Waals surface area (Å²) in [6, 6.07) is 0. The number of benzene rings is 1. The van der Waals surface area contributed by atoms with Crippen LogP contribution in [0.3, 0.4) is 0 Å². The van der Waals surface area contributed by atoms with Gasteiger partial charge >= 0.3 is 5.97 Å². The number of phenols is 1. The molecule has 0 heterocycles. The summed E-state index contributed by atoms with van der Waals surface area (Å²) in [5.41, 5.74) is 0. The van der Waals surface area contributed by atoms with Crippen molar-refractivity contribution >= 4 is 52.4 Å². The lowest BCUT2D eigenvalue weighted by Gasteiger charge is -2.13. The first-order chi connectivity index (χ1) is 8.36. The lowest BCUT2D eigenvalue weighted by molar-refractivity contribution is -0.137. The van der Waals surface area contributed by atoms with Crippen LogP contribution in [0.1, 0.15) is 12.8 Å². The van der Waals surface area contributed by atoms with Gasteiger partial charge in [0.15, 0.2) is 11.5 Å². The molecule has 0 aromatic heterocycles. The van der Waals surface area contributed by atoms with E-state index in [1.807, 2.05) is 0 Å². The third kappa shape index (κ3) is 3.48. The Labute approximate surface area is 123 Å². The number of carboxylic acids is 1. The highest BCUT2D eigenvalue weighted by Gasteiger charge is 2.21. The molecule has 0 spiro atoms. The van der Waals surface area contributed by atoms with Crippen LogP contribution in [0.4, 0.5) is 0 Å². The van der Waals surface area contributed by atoms with Gasteiger partial charge in [-0.25, -0.2) is 0 Å². The Morgan fingerprint density at radius 3 is 2.00 bits per heavy atom. The highest BCUT2D eigenvalue weighted by atomic mass is 35.5. The highest BCUT2D eigenvalue weighted by Crippen LogP contribution is 2.49. The summed E-state index contributed by atoms with van der Waals surface area (Å²) in [4.78, 5) is 10.3. The average molecular weight is 334 g/mol. The predicted octanol–water partition coefficient (Wildman–Crippen LogP) is 4.25. The number of phenolic OH excluding ortho intramolecular Hbond substituents is 1. The van der Waals surface area contributed by atoms with E-state index in [1.54, 1.807) is 0 Å². The molecule has 4 nitrogen and oxygen atoms in total. The third-order valence-corrected chi connectivity index (χ3v) is 3.63. The molecule has 0 aliphatic heterocycles. The van der Waals surface area contributed by atoms with Crippen molar-refractivity contribution < 1.29 is 19.7 Å². The van der Waals surface area contributed by atoms with E-state index in [0.717, 1.165) is 0 Å². The van der Waals surface area contributed by atoms with Crippen molar-refractivity contribution in [2.75, 3.05) is 6.61 Å². The van der Waals surface area contributed by atoms with Crippen LogP contribution in [0.25, 0.3) is 0 Å². The normalized spacial score (nSPS) is 10.4. The minimum Gasteiger partial charge on any atom is -0.505 e. The Kier molecular flexibility index (Phi) is 5.66. The minimum absolute atomic E-state index is 0.0246. The quantitative estimate of drug-likeness (QED) is 0.624. The number of carboxylic acid groups (broad SMARTS) is 1. The summed E-state index contributed by atoms with van der Waals surface area (Å²) in [5, 5.41) is 17.5. The maximum Gasteiger partial charge on any atom is 0.303 e. The molecule has 0 radical (unpaired) electrons. The van der Waals surface area contributed by atoms with Crippen LogP contribution in [-0.2, 0) is 4.79 Å². The fourth-order valence-corrected chi connectivity index (χ4v) is 2.06. The zero-order valence-corrected chi connectivity index (χ0v) is 11.9. The second-order valence-electron chi connectivity index (χ2n) is 3.28. The summed E-state index contributed by atoms with van der Waals surface area (Å²) < 4.78 is 5.23. The van der Waals surface area contributed by atoms with Crippen molar-refractivity contribution in [1.82, 2.24) is 0 Å².